The van der Waals surface area contributed by atoms with Gasteiger partial charge in [0.1, 0.15) is 0 Å². The molecule has 0 aromatic heterocycles. The molecule has 5 heteroatoms. The minimum atomic E-state index is -0.725. The highest BCUT2D eigenvalue weighted by molar-refractivity contribution is 6.02. The molecule has 2 aromatic rings. The maximum atomic E-state index is 12.4. The molecule has 5 nitrogen and oxygen atoms in total. The molecular weight excluding hydrogens is 328 g/mol. The first-order chi connectivity index (χ1) is 12.6. The topological polar surface area (TPSA) is 69.6 Å². The summed E-state index contributed by atoms with van der Waals surface area (Å²) in [5.74, 6) is -0.272. The van der Waals surface area contributed by atoms with Crippen molar-refractivity contribution in [1.82, 2.24) is 4.90 Å². The molecular formula is C21H26N2O3. The molecule has 2 N–H and O–H groups in total. The van der Waals surface area contributed by atoms with E-state index in [9.17, 15) is 9.59 Å². The van der Waals surface area contributed by atoms with Gasteiger partial charge in [-0.05, 0) is 43.2 Å². The number of anilines is 1. The lowest BCUT2D eigenvalue weighted by Gasteiger charge is -2.32. The van der Waals surface area contributed by atoms with Gasteiger partial charge in [0, 0.05) is 37.0 Å². The van der Waals surface area contributed by atoms with Crippen LogP contribution in [-0.4, -0.2) is 41.5 Å². The quantitative estimate of drug-likeness (QED) is 0.795. The van der Waals surface area contributed by atoms with E-state index in [4.69, 9.17) is 5.11 Å². The van der Waals surface area contributed by atoms with Crippen LogP contribution in [0.2, 0.25) is 0 Å². The van der Waals surface area contributed by atoms with Gasteiger partial charge >= 0.3 is 5.97 Å². The molecule has 2 aromatic carbocycles. The number of hydrogen-bond donors (Lipinski definition) is 2. The number of carboxylic acids is 1. The second-order valence-electron chi connectivity index (χ2n) is 7.07. The Labute approximate surface area is 154 Å². The first-order valence-electron chi connectivity index (χ1n) is 9.33. The van der Waals surface area contributed by atoms with Gasteiger partial charge in [-0.2, -0.15) is 0 Å². The summed E-state index contributed by atoms with van der Waals surface area (Å²) in [5, 5.41) is 14.0. The summed E-state index contributed by atoms with van der Waals surface area (Å²) < 4.78 is 0. The molecule has 1 aliphatic rings. The maximum absolute atomic E-state index is 12.4. The van der Waals surface area contributed by atoms with Crippen LogP contribution in [0.4, 0.5) is 5.69 Å². The normalized spacial score (nSPS) is 17.9. The highest BCUT2D eigenvalue weighted by atomic mass is 16.4. The molecule has 1 unspecified atom stereocenters. The highest BCUT2D eigenvalue weighted by Crippen LogP contribution is 2.24. The van der Waals surface area contributed by atoms with Crippen LogP contribution in [-0.2, 0) is 9.59 Å². The third-order valence-electron chi connectivity index (χ3n) is 5.09. The average molecular weight is 354 g/mol. The Balaban J connectivity index is 1.50. The molecule has 1 atom stereocenters. The molecule has 0 aliphatic carbocycles. The van der Waals surface area contributed by atoms with Crippen molar-refractivity contribution in [3.8, 4) is 0 Å². The van der Waals surface area contributed by atoms with Gasteiger partial charge < -0.3 is 15.3 Å². The predicted molar refractivity (Wildman–Crippen MR) is 103 cm³/mol. The lowest BCUT2D eigenvalue weighted by Crippen LogP contribution is -2.37. The van der Waals surface area contributed by atoms with Crippen LogP contribution in [0.25, 0.3) is 10.8 Å². The van der Waals surface area contributed by atoms with Crippen LogP contribution in [0.5, 0.6) is 0 Å². The van der Waals surface area contributed by atoms with Crippen LogP contribution in [0, 0.1) is 5.92 Å². The van der Waals surface area contributed by atoms with Crippen LogP contribution in [0.15, 0.2) is 42.5 Å². The SMILES string of the molecule is O=C(O)CCC1CCCN(CCC(=O)Nc2cccc3ccccc23)C1. The van der Waals surface area contributed by atoms with Gasteiger partial charge in [-0.15, -0.1) is 0 Å². The number of benzene rings is 2. The van der Waals surface area contributed by atoms with E-state index >= 15 is 0 Å². The van der Waals surface area contributed by atoms with E-state index in [0.717, 1.165) is 55.4 Å². The predicted octanol–water partition coefficient (Wildman–Crippen LogP) is 3.75. The van der Waals surface area contributed by atoms with Crippen molar-refractivity contribution in [2.75, 3.05) is 25.0 Å². The standard InChI is InChI=1S/C21H26N2O3/c24-20(22-19-9-3-7-17-6-1-2-8-18(17)19)12-14-23-13-4-5-16(15-23)10-11-21(25)26/h1-3,6-9,16H,4-5,10-15H2,(H,22,24)(H,25,26). The third kappa shape index (κ3) is 5.05. The monoisotopic (exact) mass is 354 g/mol. The Morgan fingerprint density at radius 2 is 1.92 bits per heavy atom. The molecule has 1 heterocycles. The fraction of sp³-hybridized carbons (Fsp3) is 0.429. The van der Waals surface area contributed by atoms with Crippen molar-refractivity contribution in [1.29, 1.82) is 0 Å². The van der Waals surface area contributed by atoms with Crippen LogP contribution < -0.4 is 5.32 Å². The van der Waals surface area contributed by atoms with Crippen LogP contribution in [0.3, 0.4) is 0 Å². The summed E-state index contributed by atoms with van der Waals surface area (Å²) in [6.07, 6.45) is 3.59. The fourth-order valence-corrected chi connectivity index (χ4v) is 3.72. The third-order valence-corrected chi connectivity index (χ3v) is 5.09. The van der Waals surface area contributed by atoms with E-state index in [-0.39, 0.29) is 12.3 Å². The summed E-state index contributed by atoms with van der Waals surface area (Å²) in [4.78, 5) is 25.4. The van der Waals surface area contributed by atoms with Crippen molar-refractivity contribution in [2.45, 2.75) is 32.1 Å². The molecule has 0 bridgehead atoms. The molecule has 1 aliphatic heterocycles. The smallest absolute Gasteiger partial charge is 0.303 e. The van der Waals surface area contributed by atoms with Crippen LogP contribution in [0.1, 0.15) is 32.1 Å². The number of carbonyl (C=O) groups excluding carboxylic acids is 1. The highest BCUT2D eigenvalue weighted by Gasteiger charge is 2.21. The largest absolute Gasteiger partial charge is 0.481 e. The van der Waals surface area contributed by atoms with E-state index in [2.05, 4.69) is 10.2 Å². The lowest BCUT2D eigenvalue weighted by molar-refractivity contribution is -0.137. The summed E-state index contributed by atoms with van der Waals surface area (Å²) >= 11 is 0. The Bertz CT molecular complexity index is 769. The summed E-state index contributed by atoms with van der Waals surface area (Å²) in [6.45, 7) is 2.61. The first-order valence-corrected chi connectivity index (χ1v) is 9.33. The molecule has 0 spiro atoms. The van der Waals surface area contributed by atoms with Gasteiger partial charge in [-0.3, -0.25) is 9.59 Å². The van der Waals surface area contributed by atoms with Crippen LogP contribution >= 0.6 is 0 Å². The number of carboxylic acid groups (broad SMARTS) is 1. The van der Waals surface area contributed by atoms with Gasteiger partial charge in [0.05, 0.1) is 0 Å². The average Bonchev–Trinajstić information content (AvgIpc) is 2.65. The molecule has 1 saturated heterocycles. The minimum Gasteiger partial charge on any atom is -0.481 e. The second-order valence-corrected chi connectivity index (χ2v) is 7.07. The van der Waals surface area contributed by atoms with Crippen molar-refractivity contribution in [3.05, 3.63) is 42.5 Å². The van der Waals surface area contributed by atoms with Crippen molar-refractivity contribution >= 4 is 28.3 Å². The molecule has 0 saturated carbocycles. The number of rotatable bonds is 7. The molecule has 26 heavy (non-hydrogen) atoms. The zero-order valence-electron chi connectivity index (χ0n) is 15.0. The molecule has 0 radical (unpaired) electrons. The van der Waals surface area contributed by atoms with E-state index in [0.29, 0.717) is 12.3 Å². The number of amides is 1. The Hall–Kier alpha value is -2.40. The van der Waals surface area contributed by atoms with Gasteiger partial charge in [-0.25, -0.2) is 0 Å². The number of hydrogen-bond acceptors (Lipinski definition) is 3. The van der Waals surface area contributed by atoms with Gasteiger partial charge in [0.2, 0.25) is 5.91 Å². The number of piperidine rings is 1. The molecule has 1 amide bonds. The number of likely N-dealkylation sites (tertiary alicyclic amines) is 1. The number of carbonyl (C=O) groups is 2. The fourth-order valence-electron chi connectivity index (χ4n) is 3.72. The minimum absolute atomic E-state index is 0.0222. The van der Waals surface area contributed by atoms with Gasteiger partial charge in [0.15, 0.2) is 0 Å². The molecule has 3 rings (SSSR count). The Morgan fingerprint density at radius 3 is 2.77 bits per heavy atom. The van der Waals surface area contributed by atoms with E-state index in [1.807, 2.05) is 42.5 Å². The maximum Gasteiger partial charge on any atom is 0.303 e. The number of nitrogens with one attached hydrogen (secondary N) is 1. The number of aliphatic carboxylic acids is 1. The van der Waals surface area contributed by atoms with E-state index < -0.39 is 5.97 Å². The van der Waals surface area contributed by atoms with E-state index in [1.165, 1.54) is 0 Å². The van der Waals surface area contributed by atoms with Crippen molar-refractivity contribution < 1.29 is 14.7 Å². The zero-order valence-corrected chi connectivity index (χ0v) is 15.0. The van der Waals surface area contributed by atoms with E-state index in [1.54, 1.807) is 0 Å². The first kappa shape index (κ1) is 18.4. The summed E-state index contributed by atoms with van der Waals surface area (Å²) in [7, 11) is 0. The zero-order chi connectivity index (χ0) is 18.4. The second kappa shape index (κ2) is 8.81. The Kier molecular flexibility index (Phi) is 6.23. The summed E-state index contributed by atoms with van der Waals surface area (Å²) in [6, 6.07) is 13.9. The number of nitrogens with zero attached hydrogens (tertiary/aromatic N) is 1. The summed E-state index contributed by atoms with van der Waals surface area (Å²) in [5.41, 5.74) is 0.853. The number of fused-ring (bicyclic) bond motifs is 1. The van der Waals surface area contributed by atoms with Gasteiger partial charge in [-0.1, -0.05) is 36.4 Å². The molecule has 138 valence electrons. The molecule has 1 fully saturated rings. The Morgan fingerprint density at radius 1 is 1.12 bits per heavy atom. The van der Waals surface area contributed by atoms with Crippen molar-refractivity contribution in [2.24, 2.45) is 5.92 Å². The van der Waals surface area contributed by atoms with Crippen molar-refractivity contribution in [3.63, 3.8) is 0 Å². The van der Waals surface area contributed by atoms with Gasteiger partial charge in [0.25, 0.3) is 0 Å². The lowest BCUT2D eigenvalue weighted by atomic mass is 9.93.